The number of nitrogens with zero attached hydrogens (tertiary/aromatic N) is 4. The van der Waals surface area contributed by atoms with Gasteiger partial charge in [0.05, 0.1) is 25.3 Å². The van der Waals surface area contributed by atoms with Crippen LogP contribution in [-0.2, 0) is 28.4 Å². The van der Waals surface area contributed by atoms with Crippen LogP contribution in [0.1, 0.15) is 30.7 Å². The molecule has 2 heterocycles. The quantitative estimate of drug-likeness (QED) is 0.763. The zero-order chi connectivity index (χ0) is 16.2. The first kappa shape index (κ1) is 16.0. The van der Waals surface area contributed by atoms with Crippen molar-refractivity contribution in [3.63, 3.8) is 0 Å². The molecule has 0 saturated heterocycles. The first-order chi connectivity index (χ1) is 10.4. The molecule has 2 aromatic heterocycles. The Balaban J connectivity index is 2.06. The van der Waals surface area contributed by atoms with Crippen molar-refractivity contribution in [3.8, 4) is 0 Å². The summed E-state index contributed by atoms with van der Waals surface area (Å²) in [6.07, 6.45) is 4.23. The van der Waals surface area contributed by atoms with E-state index in [0.717, 1.165) is 13.1 Å². The highest BCUT2D eigenvalue weighted by Gasteiger charge is 2.24. The van der Waals surface area contributed by atoms with Crippen molar-refractivity contribution in [3.05, 3.63) is 41.5 Å². The molecule has 8 heteroatoms. The molecule has 2 aromatic rings. The summed E-state index contributed by atoms with van der Waals surface area (Å²) in [7, 11) is 0. The maximum absolute atomic E-state index is 13.3. The highest BCUT2D eigenvalue weighted by Crippen LogP contribution is 2.26. The van der Waals surface area contributed by atoms with E-state index in [0.29, 0.717) is 17.9 Å². The van der Waals surface area contributed by atoms with E-state index < -0.39 is 5.92 Å². The predicted molar refractivity (Wildman–Crippen MR) is 73.3 cm³/mol. The summed E-state index contributed by atoms with van der Waals surface area (Å²) < 4.78 is 32.8. The van der Waals surface area contributed by atoms with E-state index in [1.54, 1.807) is 13.1 Å². The summed E-state index contributed by atoms with van der Waals surface area (Å²) in [5, 5.41) is 7.71. The number of carbonyl (C=O) groups is 1. The Morgan fingerprint density at radius 1 is 1.41 bits per heavy atom. The minimum atomic E-state index is -2.94. The van der Waals surface area contributed by atoms with E-state index in [-0.39, 0.29) is 24.5 Å². The Morgan fingerprint density at radius 3 is 2.86 bits per heavy atom. The van der Waals surface area contributed by atoms with Gasteiger partial charge in [0.1, 0.15) is 0 Å². The van der Waals surface area contributed by atoms with Crippen molar-refractivity contribution in [1.29, 1.82) is 0 Å². The minimum Gasteiger partial charge on any atom is -0.466 e. The van der Waals surface area contributed by atoms with Gasteiger partial charge in [-0.05, 0) is 18.6 Å². The second kappa shape index (κ2) is 6.59. The van der Waals surface area contributed by atoms with E-state index in [2.05, 4.69) is 15.3 Å². The average Bonchev–Trinajstić information content (AvgIpc) is 2.85. The zero-order valence-corrected chi connectivity index (χ0v) is 12.3. The molecule has 0 spiro atoms. The summed E-state index contributed by atoms with van der Waals surface area (Å²) in [4.78, 5) is 15.2. The van der Waals surface area contributed by atoms with Gasteiger partial charge in [0.25, 0.3) is 5.92 Å². The molecule has 0 fully saturated rings. The second-order valence-electron chi connectivity index (χ2n) is 4.86. The summed E-state index contributed by atoms with van der Waals surface area (Å²) in [5.41, 5.74) is 0.881. The molecule has 0 aliphatic heterocycles. The van der Waals surface area contributed by atoms with Crippen LogP contribution in [0.3, 0.4) is 0 Å². The number of pyridine rings is 1. The van der Waals surface area contributed by atoms with Crippen LogP contribution >= 0.6 is 0 Å². The Kier molecular flexibility index (Phi) is 4.79. The highest BCUT2D eigenvalue weighted by molar-refractivity contribution is 5.71. The van der Waals surface area contributed by atoms with Crippen molar-refractivity contribution >= 4 is 5.97 Å². The number of halogens is 2. The van der Waals surface area contributed by atoms with Gasteiger partial charge < -0.3 is 4.74 Å². The van der Waals surface area contributed by atoms with E-state index in [4.69, 9.17) is 4.74 Å². The average molecular weight is 310 g/mol. The lowest BCUT2D eigenvalue weighted by Gasteiger charge is -2.11. The number of carbonyl (C=O) groups excluding carboxylic acids is 1. The van der Waals surface area contributed by atoms with Gasteiger partial charge in [0, 0.05) is 31.1 Å². The molecule has 0 aliphatic rings. The monoisotopic (exact) mass is 310 g/mol. The van der Waals surface area contributed by atoms with Gasteiger partial charge in [0.2, 0.25) is 0 Å². The smallest absolute Gasteiger partial charge is 0.311 e. The van der Waals surface area contributed by atoms with E-state index in [9.17, 15) is 13.6 Å². The van der Waals surface area contributed by atoms with Crippen molar-refractivity contribution in [1.82, 2.24) is 20.0 Å². The topological polar surface area (TPSA) is 69.9 Å². The highest BCUT2D eigenvalue weighted by atomic mass is 19.3. The first-order valence-electron chi connectivity index (χ1n) is 6.75. The molecule has 0 aliphatic carbocycles. The van der Waals surface area contributed by atoms with Crippen LogP contribution in [0.5, 0.6) is 0 Å². The molecule has 0 bridgehead atoms. The molecule has 0 amide bonds. The standard InChI is InChI=1S/C14H16F2N4O2/c1-3-22-13(21)5-12-9-20(19-18-12)8-10-4-11(7-17-6-10)14(2,15)16/h4,6-7,9H,3,5,8H2,1-2H3. The molecule has 6 nitrogen and oxygen atoms in total. The van der Waals surface area contributed by atoms with Gasteiger partial charge in [-0.2, -0.15) is 0 Å². The summed E-state index contributed by atoms with van der Waals surface area (Å²) in [6, 6.07) is 1.37. The largest absolute Gasteiger partial charge is 0.466 e. The SMILES string of the molecule is CCOC(=O)Cc1cn(Cc2cncc(C(C)(F)F)c2)nn1. The van der Waals surface area contributed by atoms with E-state index in [1.165, 1.54) is 16.9 Å². The fourth-order valence-electron chi connectivity index (χ4n) is 1.86. The molecule has 0 saturated carbocycles. The van der Waals surface area contributed by atoms with Gasteiger partial charge in [-0.15, -0.1) is 5.10 Å². The molecular formula is C14H16F2N4O2. The maximum atomic E-state index is 13.3. The first-order valence-corrected chi connectivity index (χ1v) is 6.75. The van der Waals surface area contributed by atoms with Crippen LogP contribution in [0.4, 0.5) is 8.78 Å². The van der Waals surface area contributed by atoms with Crippen LogP contribution in [0.2, 0.25) is 0 Å². The maximum Gasteiger partial charge on any atom is 0.311 e. The molecule has 22 heavy (non-hydrogen) atoms. The van der Waals surface area contributed by atoms with Crippen molar-refractivity contribution < 1.29 is 18.3 Å². The lowest BCUT2D eigenvalue weighted by atomic mass is 10.1. The number of ether oxygens (including phenoxy) is 1. The van der Waals surface area contributed by atoms with Crippen molar-refractivity contribution in [2.24, 2.45) is 0 Å². The second-order valence-corrected chi connectivity index (χ2v) is 4.86. The number of aromatic nitrogens is 4. The fourth-order valence-corrected chi connectivity index (χ4v) is 1.86. The van der Waals surface area contributed by atoms with Crippen LogP contribution in [0.15, 0.2) is 24.7 Å². The van der Waals surface area contributed by atoms with Gasteiger partial charge in [-0.1, -0.05) is 5.21 Å². The Labute approximate surface area is 126 Å². The fraction of sp³-hybridized carbons (Fsp3) is 0.429. The van der Waals surface area contributed by atoms with Crippen LogP contribution in [-0.4, -0.2) is 32.6 Å². The normalized spacial score (nSPS) is 11.5. The molecule has 2 rings (SSSR count). The van der Waals surface area contributed by atoms with Crippen molar-refractivity contribution in [2.45, 2.75) is 32.7 Å². The van der Waals surface area contributed by atoms with Crippen LogP contribution in [0, 0.1) is 0 Å². The van der Waals surface area contributed by atoms with Gasteiger partial charge >= 0.3 is 5.97 Å². The number of hydrogen-bond donors (Lipinski definition) is 0. The molecule has 118 valence electrons. The Hall–Kier alpha value is -2.38. The third-order valence-corrected chi connectivity index (χ3v) is 2.86. The molecular weight excluding hydrogens is 294 g/mol. The van der Waals surface area contributed by atoms with E-state index >= 15 is 0 Å². The number of esters is 1. The van der Waals surface area contributed by atoms with Gasteiger partial charge in [0.15, 0.2) is 0 Å². The molecule has 0 unspecified atom stereocenters. The molecule has 0 aromatic carbocycles. The molecule has 0 radical (unpaired) electrons. The predicted octanol–water partition coefficient (Wildman–Crippen LogP) is 1.94. The number of hydrogen-bond acceptors (Lipinski definition) is 5. The number of rotatable bonds is 6. The lowest BCUT2D eigenvalue weighted by Crippen LogP contribution is -2.09. The number of alkyl halides is 2. The summed E-state index contributed by atoms with van der Waals surface area (Å²) in [5.74, 6) is -3.33. The van der Waals surface area contributed by atoms with Crippen LogP contribution in [0.25, 0.3) is 0 Å². The van der Waals surface area contributed by atoms with E-state index in [1.807, 2.05) is 0 Å². The third-order valence-electron chi connectivity index (χ3n) is 2.86. The third kappa shape index (κ3) is 4.31. The van der Waals surface area contributed by atoms with Crippen molar-refractivity contribution in [2.75, 3.05) is 6.61 Å². The van der Waals surface area contributed by atoms with Gasteiger partial charge in [-0.25, -0.2) is 13.5 Å². The van der Waals surface area contributed by atoms with Crippen LogP contribution < -0.4 is 0 Å². The lowest BCUT2D eigenvalue weighted by molar-refractivity contribution is -0.142. The van der Waals surface area contributed by atoms with Gasteiger partial charge in [-0.3, -0.25) is 9.78 Å². The minimum absolute atomic E-state index is 0.0269. The summed E-state index contributed by atoms with van der Waals surface area (Å²) >= 11 is 0. The summed E-state index contributed by atoms with van der Waals surface area (Å²) in [6.45, 7) is 3.09. The molecule has 0 N–H and O–H groups in total. The Morgan fingerprint density at radius 2 is 2.18 bits per heavy atom. The zero-order valence-electron chi connectivity index (χ0n) is 12.3. The molecule has 0 atom stereocenters. The Bertz CT molecular complexity index is 652.